The Morgan fingerprint density at radius 1 is 1.28 bits per heavy atom. The minimum atomic E-state index is -4.86. The Morgan fingerprint density at radius 2 is 1.90 bits per heavy atom. The van der Waals surface area contributed by atoms with Crippen molar-refractivity contribution in [2.45, 2.75) is 45.3 Å². The van der Waals surface area contributed by atoms with Crippen LogP contribution in [0.25, 0.3) is 0 Å². The lowest BCUT2D eigenvalue weighted by atomic mass is 9.71. The van der Waals surface area contributed by atoms with E-state index in [1.54, 1.807) is 0 Å². The molecule has 0 unspecified atom stereocenters. The van der Waals surface area contributed by atoms with Gasteiger partial charge >= 0.3 is 12.3 Å². The number of carbonyl (C=O) groups is 2. The number of carbonyl (C=O) groups excluding carboxylic acids is 1. The molecule has 1 aromatic rings. The number of nitrogens with one attached hydrogen (secondary N) is 1. The van der Waals surface area contributed by atoms with Gasteiger partial charge in [0.05, 0.1) is 16.0 Å². The molecule has 1 fully saturated rings. The summed E-state index contributed by atoms with van der Waals surface area (Å²) in [5.74, 6) is -0.944. The SMILES string of the molecule is CC(C)(C)[C@@]1(CNC(=O)c2cc([N+](=O)[O-])cc(C(F)(F)F)c2)CCCN1C(=O)O. The van der Waals surface area contributed by atoms with E-state index in [-0.39, 0.29) is 13.1 Å². The van der Waals surface area contributed by atoms with Crippen LogP contribution in [-0.2, 0) is 6.18 Å². The lowest BCUT2D eigenvalue weighted by molar-refractivity contribution is -0.385. The topological polar surface area (TPSA) is 113 Å². The lowest BCUT2D eigenvalue weighted by Gasteiger charge is -2.47. The number of hydrogen-bond donors (Lipinski definition) is 2. The molecule has 8 nitrogen and oxygen atoms in total. The zero-order valence-corrected chi connectivity index (χ0v) is 16.2. The highest BCUT2D eigenvalue weighted by molar-refractivity contribution is 5.95. The third-order valence-corrected chi connectivity index (χ3v) is 5.38. The van der Waals surface area contributed by atoms with Crippen LogP contribution >= 0.6 is 0 Å². The van der Waals surface area contributed by atoms with Crippen LogP contribution in [-0.4, -0.2) is 45.6 Å². The molecule has 1 aliphatic heterocycles. The molecule has 0 saturated carbocycles. The van der Waals surface area contributed by atoms with Gasteiger partial charge in [-0.25, -0.2) is 4.79 Å². The first kappa shape index (κ1) is 22.4. The summed E-state index contributed by atoms with van der Waals surface area (Å²) in [5, 5.41) is 23.0. The van der Waals surface area contributed by atoms with Crippen molar-refractivity contribution in [1.82, 2.24) is 10.2 Å². The average Bonchev–Trinajstić information content (AvgIpc) is 3.04. The van der Waals surface area contributed by atoms with E-state index in [9.17, 15) is 38.0 Å². The molecule has 2 amide bonds. The molecule has 1 aliphatic rings. The largest absolute Gasteiger partial charge is 0.465 e. The molecule has 0 aromatic heterocycles. The van der Waals surface area contributed by atoms with E-state index in [1.807, 2.05) is 20.8 Å². The Balaban J connectivity index is 2.35. The molecule has 2 rings (SSSR count). The Kier molecular flexibility index (Phi) is 5.82. The summed E-state index contributed by atoms with van der Waals surface area (Å²) < 4.78 is 39.1. The number of rotatable bonds is 4. The van der Waals surface area contributed by atoms with Crippen LogP contribution in [0.5, 0.6) is 0 Å². The van der Waals surface area contributed by atoms with Crippen molar-refractivity contribution >= 4 is 17.7 Å². The van der Waals surface area contributed by atoms with Crippen LogP contribution in [0, 0.1) is 15.5 Å². The van der Waals surface area contributed by atoms with Crippen LogP contribution < -0.4 is 5.32 Å². The molecule has 1 aromatic carbocycles. The molecule has 29 heavy (non-hydrogen) atoms. The molecular formula is C18H22F3N3O5. The highest BCUT2D eigenvalue weighted by Crippen LogP contribution is 2.43. The number of carboxylic acid groups (broad SMARTS) is 1. The number of likely N-dealkylation sites (tertiary alicyclic amines) is 1. The summed E-state index contributed by atoms with van der Waals surface area (Å²) in [5.41, 5.74) is -4.22. The normalized spacial score (nSPS) is 19.9. The number of benzene rings is 1. The van der Waals surface area contributed by atoms with E-state index in [4.69, 9.17) is 0 Å². The highest BCUT2D eigenvalue weighted by atomic mass is 19.4. The van der Waals surface area contributed by atoms with Crippen molar-refractivity contribution in [1.29, 1.82) is 0 Å². The number of nitrogens with zero attached hydrogens (tertiary/aromatic N) is 2. The lowest BCUT2D eigenvalue weighted by Crippen LogP contribution is -2.61. The zero-order valence-electron chi connectivity index (χ0n) is 16.2. The molecule has 11 heteroatoms. The van der Waals surface area contributed by atoms with Crippen molar-refractivity contribution in [2.24, 2.45) is 5.41 Å². The molecule has 1 saturated heterocycles. The summed E-state index contributed by atoms with van der Waals surface area (Å²) in [6, 6.07) is 1.66. The molecule has 160 valence electrons. The Labute approximate surface area is 164 Å². The van der Waals surface area contributed by atoms with E-state index in [0.717, 1.165) is 6.07 Å². The van der Waals surface area contributed by atoms with Crippen molar-refractivity contribution < 1.29 is 32.8 Å². The molecule has 0 radical (unpaired) electrons. The molecular weight excluding hydrogens is 395 g/mol. The maximum absolute atomic E-state index is 13.0. The van der Waals surface area contributed by atoms with E-state index in [2.05, 4.69) is 5.32 Å². The van der Waals surface area contributed by atoms with Gasteiger partial charge in [-0.15, -0.1) is 0 Å². The van der Waals surface area contributed by atoms with Gasteiger partial charge in [-0.05, 0) is 24.3 Å². The minimum Gasteiger partial charge on any atom is -0.465 e. The highest BCUT2D eigenvalue weighted by Gasteiger charge is 2.51. The third-order valence-electron chi connectivity index (χ3n) is 5.38. The van der Waals surface area contributed by atoms with Gasteiger partial charge in [-0.2, -0.15) is 13.2 Å². The Bertz CT molecular complexity index is 835. The van der Waals surface area contributed by atoms with Crippen molar-refractivity contribution in [3.05, 3.63) is 39.4 Å². The number of non-ortho nitro benzene ring substituents is 1. The van der Waals surface area contributed by atoms with Crippen molar-refractivity contribution in [2.75, 3.05) is 13.1 Å². The van der Waals surface area contributed by atoms with Crippen molar-refractivity contribution in [3.63, 3.8) is 0 Å². The maximum atomic E-state index is 13.0. The number of amides is 2. The number of hydrogen-bond acceptors (Lipinski definition) is 4. The number of halogens is 3. The molecule has 0 spiro atoms. The summed E-state index contributed by atoms with van der Waals surface area (Å²) >= 11 is 0. The van der Waals surface area contributed by atoms with Crippen LogP contribution in [0.2, 0.25) is 0 Å². The van der Waals surface area contributed by atoms with E-state index >= 15 is 0 Å². The first-order valence-electron chi connectivity index (χ1n) is 8.84. The van der Waals surface area contributed by atoms with Gasteiger partial charge in [0.2, 0.25) is 0 Å². The summed E-state index contributed by atoms with van der Waals surface area (Å²) in [6.45, 7) is 5.59. The fourth-order valence-electron chi connectivity index (χ4n) is 3.73. The fourth-order valence-corrected chi connectivity index (χ4v) is 3.73. The van der Waals surface area contributed by atoms with Crippen LogP contribution in [0.3, 0.4) is 0 Å². The van der Waals surface area contributed by atoms with Gasteiger partial charge in [0, 0.05) is 30.8 Å². The average molecular weight is 417 g/mol. The van der Waals surface area contributed by atoms with Gasteiger partial charge < -0.3 is 15.3 Å². The predicted molar refractivity (Wildman–Crippen MR) is 96.6 cm³/mol. The molecule has 1 atom stereocenters. The molecule has 1 heterocycles. The first-order chi connectivity index (χ1) is 13.2. The van der Waals surface area contributed by atoms with Gasteiger partial charge in [0.25, 0.3) is 11.6 Å². The Morgan fingerprint density at radius 3 is 2.38 bits per heavy atom. The number of nitro benzene ring substituents is 1. The van der Waals surface area contributed by atoms with Crippen molar-refractivity contribution in [3.8, 4) is 0 Å². The summed E-state index contributed by atoms with van der Waals surface area (Å²) in [7, 11) is 0. The quantitative estimate of drug-likeness (QED) is 0.570. The molecule has 0 aliphatic carbocycles. The van der Waals surface area contributed by atoms with Gasteiger partial charge in [-0.1, -0.05) is 20.8 Å². The van der Waals surface area contributed by atoms with Gasteiger partial charge in [0.15, 0.2) is 0 Å². The second-order valence-corrected chi connectivity index (χ2v) is 8.03. The predicted octanol–water partition coefficient (Wildman–Crippen LogP) is 3.90. The maximum Gasteiger partial charge on any atom is 0.416 e. The minimum absolute atomic E-state index is 0.133. The van der Waals surface area contributed by atoms with E-state index in [0.29, 0.717) is 25.0 Å². The molecule has 2 N–H and O–H groups in total. The third kappa shape index (κ3) is 4.43. The second-order valence-electron chi connectivity index (χ2n) is 8.03. The smallest absolute Gasteiger partial charge is 0.416 e. The van der Waals surface area contributed by atoms with Crippen LogP contribution in [0.1, 0.15) is 49.5 Å². The van der Waals surface area contributed by atoms with Crippen LogP contribution in [0.4, 0.5) is 23.7 Å². The van der Waals surface area contributed by atoms with E-state index in [1.165, 1.54) is 4.90 Å². The van der Waals surface area contributed by atoms with Crippen LogP contribution in [0.15, 0.2) is 18.2 Å². The van der Waals surface area contributed by atoms with E-state index < -0.39 is 50.9 Å². The molecule has 0 bridgehead atoms. The number of nitro groups is 1. The van der Waals surface area contributed by atoms with Gasteiger partial charge in [0.1, 0.15) is 0 Å². The number of alkyl halides is 3. The first-order valence-corrected chi connectivity index (χ1v) is 8.84. The van der Waals surface area contributed by atoms with Gasteiger partial charge in [-0.3, -0.25) is 14.9 Å². The zero-order chi connectivity index (χ0) is 22.2. The second kappa shape index (κ2) is 7.53. The standard InChI is InChI=1S/C18H22F3N3O5/c1-16(2,3)17(5-4-6-23(17)15(26)27)10-22-14(25)11-7-12(18(19,20)21)9-13(8-11)24(28)29/h7-9H,4-6,10H2,1-3H3,(H,22,25)(H,26,27)/t17-/m0/s1. The fraction of sp³-hybridized carbons (Fsp3) is 0.556. The summed E-state index contributed by atoms with van der Waals surface area (Å²) in [6.07, 6.45) is -4.97. The Hall–Kier alpha value is -2.85. The summed E-state index contributed by atoms with van der Waals surface area (Å²) in [4.78, 5) is 35.4. The monoisotopic (exact) mass is 417 g/mol.